The van der Waals surface area contributed by atoms with E-state index in [-0.39, 0.29) is 0 Å². The molecule has 6 heteroatoms. The Morgan fingerprint density at radius 3 is 2.77 bits per heavy atom. The number of rotatable bonds is 4. The van der Waals surface area contributed by atoms with Crippen LogP contribution in [-0.2, 0) is 6.54 Å². The number of hydrogen-bond acceptors (Lipinski definition) is 4. The van der Waals surface area contributed by atoms with Gasteiger partial charge in [-0.05, 0) is 48.4 Å². The fraction of sp³-hybridized carbons (Fsp3) is 0.167. The third-order valence-electron chi connectivity index (χ3n) is 5.42. The van der Waals surface area contributed by atoms with E-state index in [4.69, 9.17) is 16.0 Å². The molecule has 0 spiro atoms. The van der Waals surface area contributed by atoms with Gasteiger partial charge >= 0.3 is 0 Å². The molecule has 0 unspecified atom stereocenters. The average Bonchev–Trinajstić information content (AvgIpc) is 3.39. The first-order valence-corrected chi connectivity index (χ1v) is 10.2. The van der Waals surface area contributed by atoms with Crippen LogP contribution in [0, 0.1) is 11.3 Å². The standard InChI is InChI=1S/C24H19ClN4O/c25-21-4-1-17(2-5-21)24-19(12-26)13-29(28-24)14-20-15-30-23-6-3-18(11-22(20)23)16-7-9-27-10-8-16/h1-7,11,13,15,27H,8-10,14H2. The Labute approximate surface area is 179 Å². The maximum Gasteiger partial charge on any atom is 0.134 e. The van der Waals surface area contributed by atoms with Gasteiger partial charge in [-0.1, -0.05) is 35.9 Å². The molecule has 3 heterocycles. The minimum Gasteiger partial charge on any atom is -0.464 e. The third kappa shape index (κ3) is 3.52. The second kappa shape index (κ2) is 7.83. The van der Waals surface area contributed by atoms with Crippen LogP contribution in [0.2, 0.25) is 5.02 Å². The number of benzene rings is 2. The van der Waals surface area contributed by atoms with Crippen LogP contribution < -0.4 is 5.32 Å². The second-order valence-electron chi connectivity index (χ2n) is 7.36. The third-order valence-corrected chi connectivity index (χ3v) is 5.67. The Kier molecular flexibility index (Phi) is 4.88. The zero-order valence-corrected chi connectivity index (χ0v) is 17.0. The molecule has 2 aromatic heterocycles. The summed E-state index contributed by atoms with van der Waals surface area (Å²) < 4.78 is 7.57. The Balaban J connectivity index is 1.49. The van der Waals surface area contributed by atoms with Crippen LogP contribution in [0.5, 0.6) is 0 Å². The van der Waals surface area contributed by atoms with Crippen molar-refractivity contribution in [2.24, 2.45) is 0 Å². The van der Waals surface area contributed by atoms with Gasteiger partial charge in [-0.2, -0.15) is 10.4 Å². The summed E-state index contributed by atoms with van der Waals surface area (Å²) in [6.45, 7) is 2.43. The number of nitriles is 1. The monoisotopic (exact) mass is 414 g/mol. The van der Waals surface area contributed by atoms with E-state index in [1.165, 1.54) is 11.1 Å². The van der Waals surface area contributed by atoms with E-state index >= 15 is 0 Å². The highest BCUT2D eigenvalue weighted by Crippen LogP contribution is 2.29. The molecule has 148 valence electrons. The molecule has 5 rings (SSSR count). The molecule has 0 aliphatic carbocycles. The Bertz CT molecular complexity index is 1290. The van der Waals surface area contributed by atoms with Crippen molar-refractivity contribution in [1.29, 1.82) is 5.26 Å². The van der Waals surface area contributed by atoms with Crippen LogP contribution in [0.1, 0.15) is 23.1 Å². The zero-order valence-electron chi connectivity index (χ0n) is 16.2. The summed E-state index contributed by atoms with van der Waals surface area (Å²) in [5.41, 5.74) is 6.54. The van der Waals surface area contributed by atoms with Crippen molar-refractivity contribution in [3.05, 3.63) is 82.7 Å². The topological polar surface area (TPSA) is 66.8 Å². The maximum atomic E-state index is 9.57. The number of furan rings is 1. The molecular formula is C24H19ClN4O. The van der Waals surface area contributed by atoms with Crippen molar-refractivity contribution in [3.63, 3.8) is 0 Å². The molecule has 0 saturated heterocycles. The smallest absolute Gasteiger partial charge is 0.134 e. The van der Waals surface area contributed by atoms with E-state index in [1.807, 2.05) is 18.2 Å². The minimum atomic E-state index is 0.527. The van der Waals surface area contributed by atoms with Crippen molar-refractivity contribution in [2.45, 2.75) is 13.0 Å². The lowest BCUT2D eigenvalue weighted by molar-refractivity contribution is 0.601. The van der Waals surface area contributed by atoms with E-state index in [0.29, 0.717) is 22.8 Å². The van der Waals surface area contributed by atoms with Gasteiger partial charge in [0.05, 0.1) is 18.4 Å². The molecule has 0 bridgehead atoms. The summed E-state index contributed by atoms with van der Waals surface area (Å²) in [6, 6.07) is 15.9. The molecule has 0 saturated carbocycles. The number of halogens is 1. The molecule has 30 heavy (non-hydrogen) atoms. The van der Waals surface area contributed by atoms with Crippen molar-refractivity contribution < 1.29 is 4.42 Å². The molecule has 0 fully saturated rings. The molecule has 2 aromatic carbocycles. The first-order valence-electron chi connectivity index (χ1n) is 9.85. The summed E-state index contributed by atoms with van der Waals surface area (Å²) in [4.78, 5) is 0. The quantitative estimate of drug-likeness (QED) is 0.495. The highest BCUT2D eigenvalue weighted by atomic mass is 35.5. The Morgan fingerprint density at radius 1 is 1.17 bits per heavy atom. The highest BCUT2D eigenvalue weighted by Gasteiger charge is 2.14. The van der Waals surface area contributed by atoms with Crippen molar-refractivity contribution >= 4 is 28.1 Å². The van der Waals surface area contributed by atoms with Gasteiger partial charge in [0.2, 0.25) is 0 Å². The van der Waals surface area contributed by atoms with Gasteiger partial charge in [0, 0.05) is 34.3 Å². The number of fused-ring (bicyclic) bond motifs is 1. The van der Waals surface area contributed by atoms with Gasteiger partial charge in [-0.3, -0.25) is 4.68 Å². The van der Waals surface area contributed by atoms with Gasteiger partial charge in [-0.25, -0.2) is 0 Å². The minimum absolute atomic E-state index is 0.527. The van der Waals surface area contributed by atoms with Crippen LogP contribution in [0.15, 0.2) is 65.4 Å². The number of aromatic nitrogens is 2. The summed E-state index contributed by atoms with van der Waals surface area (Å²) in [6.07, 6.45) is 6.83. The lowest BCUT2D eigenvalue weighted by atomic mass is 9.98. The Morgan fingerprint density at radius 2 is 2.00 bits per heavy atom. The van der Waals surface area contributed by atoms with Crippen molar-refractivity contribution in [3.8, 4) is 17.3 Å². The predicted molar refractivity (Wildman–Crippen MR) is 118 cm³/mol. The van der Waals surface area contributed by atoms with Gasteiger partial charge < -0.3 is 9.73 Å². The lowest BCUT2D eigenvalue weighted by Crippen LogP contribution is -2.19. The van der Waals surface area contributed by atoms with E-state index in [0.717, 1.165) is 41.6 Å². The van der Waals surface area contributed by atoms with E-state index in [9.17, 15) is 5.26 Å². The number of nitrogens with one attached hydrogen (secondary N) is 1. The van der Waals surface area contributed by atoms with Crippen LogP contribution in [0.25, 0.3) is 27.8 Å². The SMILES string of the molecule is N#Cc1cn(Cc2coc3ccc(C4=CCNCC4)cc23)nc1-c1ccc(Cl)cc1. The molecule has 0 radical (unpaired) electrons. The summed E-state index contributed by atoms with van der Waals surface area (Å²) >= 11 is 5.99. The Hall–Kier alpha value is -3.33. The fourth-order valence-electron chi connectivity index (χ4n) is 3.87. The molecule has 1 aliphatic heterocycles. The van der Waals surface area contributed by atoms with E-state index in [2.05, 4.69) is 34.7 Å². The maximum absolute atomic E-state index is 9.57. The van der Waals surface area contributed by atoms with Gasteiger partial charge in [0.1, 0.15) is 17.3 Å². The summed E-state index contributed by atoms with van der Waals surface area (Å²) in [7, 11) is 0. The molecule has 1 N–H and O–H groups in total. The molecule has 1 aliphatic rings. The molecule has 4 aromatic rings. The van der Waals surface area contributed by atoms with Crippen molar-refractivity contribution in [2.75, 3.05) is 13.1 Å². The molecule has 0 amide bonds. The van der Waals surface area contributed by atoms with Gasteiger partial charge in [-0.15, -0.1) is 0 Å². The summed E-state index contributed by atoms with van der Waals surface area (Å²) in [5, 5.41) is 19.3. The zero-order chi connectivity index (χ0) is 20.5. The highest BCUT2D eigenvalue weighted by molar-refractivity contribution is 6.30. The largest absolute Gasteiger partial charge is 0.464 e. The lowest BCUT2D eigenvalue weighted by Gasteiger charge is -2.14. The second-order valence-corrected chi connectivity index (χ2v) is 7.80. The average molecular weight is 415 g/mol. The fourth-order valence-corrected chi connectivity index (χ4v) is 3.99. The van der Waals surface area contributed by atoms with E-state index in [1.54, 1.807) is 29.3 Å². The van der Waals surface area contributed by atoms with Gasteiger partial charge in [0.25, 0.3) is 0 Å². The van der Waals surface area contributed by atoms with Crippen molar-refractivity contribution in [1.82, 2.24) is 15.1 Å². The predicted octanol–water partition coefficient (Wildman–Crippen LogP) is 5.25. The number of hydrogen-bond donors (Lipinski definition) is 1. The van der Waals surface area contributed by atoms with Crippen LogP contribution in [-0.4, -0.2) is 22.9 Å². The molecular weight excluding hydrogens is 396 g/mol. The molecule has 0 atom stereocenters. The normalized spacial score (nSPS) is 13.9. The van der Waals surface area contributed by atoms with E-state index < -0.39 is 0 Å². The number of nitrogens with zero attached hydrogens (tertiary/aromatic N) is 3. The van der Waals surface area contributed by atoms with Crippen LogP contribution >= 0.6 is 11.6 Å². The first kappa shape index (κ1) is 18.7. The van der Waals surface area contributed by atoms with Gasteiger partial charge in [0.15, 0.2) is 0 Å². The molecule has 5 nitrogen and oxygen atoms in total. The summed E-state index contributed by atoms with van der Waals surface area (Å²) in [5.74, 6) is 0. The van der Waals surface area contributed by atoms with Crippen LogP contribution in [0.3, 0.4) is 0 Å². The first-order chi connectivity index (χ1) is 14.7. The van der Waals surface area contributed by atoms with Crippen LogP contribution in [0.4, 0.5) is 0 Å².